The van der Waals surface area contributed by atoms with Gasteiger partial charge in [-0.15, -0.1) is 0 Å². The molecule has 0 spiro atoms. The van der Waals surface area contributed by atoms with Gasteiger partial charge < -0.3 is 35.5 Å². The van der Waals surface area contributed by atoms with Gasteiger partial charge in [0.05, 0.1) is 5.39 Å². The quantitative estimate of drug-likeness (QED) is 0.0721. The van der Waals surface area contributed by atoms with Crippen LogP contribution in [-0.2, 0) is 0 Å². The molecule has 54 heavy (non-hydrogen) atoms. The molecule has 0 saturated heterocycles. The summed E-state index contributed by atoms with van der Waals surface area (Å²) in [5.41, 5.74) is 8.53. The maximum Gasteiger partial charge on any atom is 0.203 e. The van der Waals surface area contributed by atoms with E-state index >= 15 is 0 Å². The number of hydrogen-bond donors (Lipinski definition) is 6. The molecule has 0 unspecified atom stereocenters. The highest BCUT2D eigenvalue weighted by Crippen LogP contribution is 2.57. The normalized spacial score (nSPS) is 11.1. The first kappa shape index (κ1) is 33.8. The fourth-order valence-electron chi connectivity index (χ4n) is 6.98. The Morgan fingerprint density at radius 3 is 1.26 bits per heavy atom. The minimum Gasteiger partial charge on any atom is -0.505 e. The number of benzene rings is 8. The number of hydrogen-bond acceptors (Lipinski definition) is 7. The third-order valence-electron chi connectivity index (χ3n) is 9.71. The summed E-state index contributed by atoms with van der Waals surface area (Å²) in [6.07, 6.45) is 0. The zero-order chi connectivity index (χ0) is 37.5. The summed E-state index contributed by atoms with van der Waals surface area (Å²) in [5.74, 6) is -5.40. The summed E-state index contributed by atoms with van der Waals surface area (Å²) < 4.78 is 0. The van der Waals surface area contributed by atoms with E-state index in [2.05, 4.69) is 42.5 Å². The van der Waals surface area contributed by atoms with Crippen molar-refractivity contribution in [1.82, 2.24) is 0 Å². The second kappa shape index (κ2) is 13.7. The third kappa shape index (κ3) is 5.76. The molecule has 8 rings (SSSR count). The summed E-state index contributed by atoms with van der Waals surface area (Å²) in [7, 11) is 6.34. The number of phenolic OH excluding ortho intramolecular Hbond substituents is 6. The Balaban J connectivity index is 1.31. The summed E-state index contributed by atoms with van der Waals surface area (Å²) in [6.45, 7) is 0. The standard InChI is InChI=1S/C46H32BNO6/c47-39-37-38(41(49)45(53)43(39)51)42(50)46(54)44(52)40(37)48(33-21-16-28(17-22-33)27-10-4-1-5-11-27)34-23-18-29(19-24-34)32-20-25-35(30-12-6-2-7-13-30)36(26-32)31-14-8-3-9-15-31/h1-26,49-54H. The molecule has 0 saturated carbocycles. The first-order chi connectivity index (χ1) is 26.2. The van der Waals surface area contributed by atoms with E-state index in [-0.39, 0.29) is 11.1 Å². The van der Waals surface area contributed by atoms with E-state index in [1.54, 1.807) is 4.90 Å². The molecule has 0 bridgehead atoms. The first-order valence-electron chi connectivity index (χ1n) is 17.2. The van der Waals surface area contributed by atoms with E-state index in [1.165, 1.54) is 0 Å². The van der Waals surface area contributed by atoms with Crippen LogP contribution < -0.4 is 10.4 Å². The monoisotopic (exact) mass is 705 g/mol. The lowest BCUT2D eigenvalue weighted by Crippen LogP contribution is -2.15. The van der Waals surface area contributed by atoms with E-state index in [1.807, 2.05) is 115 Å². The minimum absolute atomic E-state index is 0.151. The molecular formula is C46H32BNO6. The van der Waals surface area contributed by atoms with E-state index in [9.17, 15) is 30.6 Å². The fraction of sp³-hybridized carbons (Fsp3) is 0. The molecule has 0 aliphatic rings. The van der Waals surface area contributed by atoms with Crippen LogP contribution >= 0.6 is 0 Å². The van der Waals surface area contributed by atoms with Crippen molar-refractivity contribution in [2.45, 2.75) is 0 Å². The summed E-state index contributed by atoms with van der Waals surface area (Å²) in [6, 6.07) is 51.5. The highest BCUT2D eigenvalue weighted by molar-refractivity contribution is 6.44. The molecular weight excluding hydrogens is 673 g/mol. The van der Waals surface area contributed by atoms with Crippen molar-refractivity contribution >= 4 is 41.1 Å². The zero-order valence-electron chi connectivity index (χ0n) is 28.7. The van der Waals surface area contributed by atoms with Gasteiger partial charge in [0.25, 0.3) is 0 Å². The highest BCUT2D eigenvalue weighted by Gasteiger charge is 2.30. The van der Waals surface area contributed by atoms with Gasteiger partial charge in [-0.1, -0.05) is 127 Å². The van der Waals surface area contributed by atoms with Crippen molar-refractivity contribution in [3.63, 3.8) is 0 Å². The van der Waals surface area contributed by atoms with Crippen LogP contribution in [0.4, 0.5) is 17.1 Å². The number of aromatic hydroxyl groups is 6. The topological polar surface area (TPSA) is 125 Å². The van der Waals surface area contributed by atoms with Crippen molar-refractivity contribution in [2.24, 2.45) is 0 Å². The maximum atomic E-state index is 11.5. The van der Waals surface area contributed by atoms with Gasteiger partial charge in [-0.3, -0.25) is 0 Å². The third-order valence-corrected chi connectivity index (χ3v) is 9.71. The van der Waals surface area contributed by atoms with Crippen LogP contribution in [0, 0.1) is 0 Å². The second-order valence-electron chi connectivity index (χ2n) is 12.9. The average Bonchev–Trinajstić information content (AvgIpc) is 3.23. The lowest BCUT2D eigenvalue weighted by atomic mass is 9.85. The van der Waals surface area contributed by atoms with Crippen LogP contribution in [0.1, 0.15) is 0 Å². The van der Waals surface area contributed by atoms with Gasteiger partial charge in [0.1, 0.15) is 13.5 Å². The number of anilines is 3. The minimum atomic E-state index is -0.984. The Bertz CT molecular complexity index is 2640. The van der Waals surface area contributed by atoms with Crippen molar-refractivity contribution < 1.29 is 30.6 Å². The molecule has 0 fully saturated rings. The lowest BCUT2D eigenvalue weighted by molar-refractivity contribution is 0.363. The van der Waals surface area contributed by atoms with Crippen molar-refractivity contribution in [3.8, 4) is 79.0 Å². The Hall–Kier alpha value is -7.32. The Morgan fingerprint density at radius 2 is 0.741 bits per heavy atom. The molecule has 260 valence electrons. The second-order valence-corrected chi connectivity index (χ2v) is 12.9. The van der Waals surface area contributed by atoms with E-state index in [0.29, 0.717) is 11.4 Å². The Morgan fingerprint density at radius 1 is 0.333 bits per heavy atom. The van der Waals surface area contributed by atoms with Crippen molar-refractivity contribution in [1.29, 1.82) is 0 Å². The fourth-order valence-corrected chi connectivity index (χ4v) is 6.98. The average molecular weight is 706 g/mol. The van der Waals surface area contributed by atoms with Crippen LogP contribution in [0.3, 0.4) is 0 Å². The molecule has 0 aliphatic carbocycles. The molecule has 0 aliphatic heterocycles. The van der Waals surface area contributed by atoms with Gasteiger partial charge in [-0.2, -0.15) is 0 Å². The predicted molar refractivity (Wildman–Crippen MR) is 216 cm³/mol. The predicted octanol–water partition coefficient (Wildman–Crippen LogP) is 10.0. The van der Waals surface area contributed by atoms with Crippen LogP contribution in [-0.4, -0.2) is 38.5 Å². The summed E-state index contributed by atoms with van der Waals surface area (Å²) >= 11 is 0. The van der Waals surface area contributed by atoms with E-state index < -0.39 is 45.3 Å². The van der Waals surface area contributed by atoms with Crippen LogP contribution in [0.25, 0.3) is 55.3 Å². The molecule has 2 radical (unpaired) electrons. The molecule has 0 atom stereocenters. The van der Waals surface area contributed by atoms with Gasteiger partial charge in [-0.25, -0.2) is 0 Å². The summed E-state index contributed by atoms with van der Waals surface area (Å²) in [5, 5.41) is 64.8. The molecule has 6 N–H and O–H groups in total. The molecule has 8 aromatic carbocycles. The van der Waals surface area contributed by atoms with E-state index in [4.69, 9.17) is 7.85 Å². The number of fused-ring (bicyclic) bond motifs is 1. The SMILES string of the molecule is [B]c1c(O)c(O)c(O)c2c(O)c(O)c(O)c(N(c3ccc(-c4ccccc4)cc3)c3ccc(-c4ccc(-c5ccccc5)c(-c5ccccc5)c4)cc3)c12. The number of rotatable bonds is 7. The molecule has 0 amide bonds. The summed E-state index contributed by atoms with van der Waals surface area (Å²) in [4.78, 5) is 1.59. The van der Waals surface area contributed by atoms with Crippen molar-refractivity contribution in [3.05, 3.63) is 158 Å². The van der Waals surface area contributed by atoms with Gasteiger partial charge in [0.2, 0.25) is 5.75 Å². The van der Waals surface area contributed by atoms with Crippen LogP contribution in [0.5, 0.6) is 34.5 Å². The largest absolute Gasteiger partial charge is 0.505 e. The van der Waals surface area contributed by atoms with Crippen LogP contribution in [0.15, 0.2) is 158 Å². The number of phenols is 6. The smallest absolute Gasteiger partial charge is 0.203 e. The Kier molecular flexibility index (Phi) is 8.56. The van der Waals surface area contributed by atoms with Crippen LogP contribution in [0.2, 0.25) is 0 Å². The molecule has 0 heterocycles. The molecule has 8 heteroatoms. The van der Waals surface area contributed by atoms with Gasteiger partial charge in [0, 0.05) is 16.8 Å². The first-order valence-corrected chi connectivity index (χ1v) is 17.2. The zero-order valence-corrected chi connectivity index (χ0v) is 28.7. The Labute approximate surface area is 312 Å². The lowest BCUT2D eigenvalue weighted by Gasteiger charge is -2.29. The van der Waals surface area contributed by atoms with Gasteiger partial charge in [-0.05, 0) is 80.3 Å². The van der Waals surface area contributed by atoms with Gasteiger partial charge >= 0.3 is 0 Å². The van der Waals surface area contributed by atoms with Gasteiger partial charge in [0.15, 0.2) is 28.7 Å². The molecule has 7 nitrogen and oxygen atoms in total. The number of nitrogens with zero attached hydrogens (tertiary/aromatic N) is 1. The highest BCUT2D eigenvalue weighted by atomic mass is 16.3. The van der Waals surface area contributed by atoms with Crippen molar-refractivity contribution in [2.75, 3.05) is 4.90 Å². The van der Waals surface area contributed by atoms with E-state index in [0.717, 1.165) is 44.5 Å². The molecule has 8 aromatic rings. The maximum absolute atomic E-state index is 11.5. The molecule has 0 aromatic heterocycles.